The molecule has 1 saturated heterocycles. The zero-order chi connectivity index (χ0) is 27.5. The van der Waals surface area contributed by atoms with Crippen LogP contribution in [-0.4, -0.2) is 43.7 Å². The molecule has 0 aliphatic carbocycles. The molecule has 0 unspecified atom stereocenters. The zero-order valence-electron chi connectivity index (χ0n) is 22.4. The maximum atomic E-state index is 11.7. The summed E-state index contributed by atoms with van der Waals surface area (Å²) < 4.78 is 2.16. The standard InChI is InChI=1S/C31H33N5O2S/c1-20-13-14-23(30(37)38)19-27(20)36-21(2)18-25(22(36)3)29-28(26-12-7-8-15-33-26)34-31(39)35(29)17-9-16-32-24-10-5-4-6-11-24/h4-8,10-15,18-19,28-29,32H,9,16-17H2,1-3H3,(H,34,39)(H,37,38)/t28-,29+/m0/s1. The van der Waals surface area contributed by atoms with Crippen LogP contribution in [0.3, 0.4) is 0 Å². The second-order valence-electron chi connectivity index (χ2n) is 9.93. The molecule has 0 saturated carbocycles. The molecule has 5 rings (SSSR count). The first-order chi connectivity index (χ1) is 18.8. The van der Waals surface area contributed by atoms with E-state index in [0.29, 0.717) is 5.11 Å². The van der Waals surface area contributed by atoms with Gasteiger partial charge >= 0.3 is 5.97 Å². The highest BCUT2D eigenvalue weighted by atomic mass is 32.1. The summed E-state index contributed by atoms with van der Waals surface area (Å²) in [5.74, 6) is -0.935. The van der Waals surface area contributed by atoms with Crippen molar-refractivity contribution in [1.82, 2.24) is 19.8 Å². The van der Waals surface area contributed by atoms with Crippen molar-refractivity contribution in [2.24, 2.45) is 0 Å². The van der Waals surface area contributed by atoms with E-state index in [-0.39, 0.29) is 17.6 Å². The molecule has 2 aromatic heterocycles. The van der Waals surface area contributed by atoms with Crippen LogP contribution in [0.2, 0.25) is 0 Å². The van der Waals surface area contributed by atoms with Gasteiger partial charge < -0.3 is 25.2 Å². The third kappa shape index (κ3) is 5.38. The van der Waals surface area contributed by atoms with E-state index in [9.17, 15) is 9.90 Å². The van der Waals surface area contributed by atoms with Crippen molar-refractivity contribution in [1.29, 1.82) is 0 Å². The van der Waals surface area contributed by atoms with Crippen LogP contribution in [0.5, 0.6) is 0 Å². The van der Waals surface area contributed by atoms with Crippen molar-refractivity contribution in [3.63, 3.8) is 0 Å². The number of benzene rings is 2. The first kappa shape index (κ1) is 26.4. The fraction of sp³-hybridized carbons (Fsp3) is 0.258. The smallest absolute Gasteiger partial charge is 0.335 e. The molecule has 2 atom stereocenters. The van der Waals surface area contributed by atoms with Crippen LogP contribution in [0.25, 0.3) is 5.69 Å². The largest absolute Gasteiger partial charge is 0.478 e. The molecular weight excluding hydrogens is 506 g/mol. The second kappa shape index (κ2) is 11.3. The molecule has 1 aliphatic rings. The Bertz CT molecular complexity index is 1490. The van der Waals surface area contributed by atoms with Gasteiger partial charge in [0.05, 0.1) is 23.3 Å². The monoisotopic (exact) mass is 539 g/mol. The number of rotatable bonds is 9. The molecule has 2 aromatic carbocycles. The number of aromatic nitrogens is 2. The van der Waals surface area contributed by atoms with Crippen LogP contribution in [0.4, 0.5) is 5.69 Å². The Hall–Kier alpha value is -4.17. The molecule has 1 aliphatic heterocycles. The van der Waals surface area contributed by atoms with Gasteiger partial charge in [-0.15, -0.1) is 0 Å². The number of thiocarbonyl (C=S) groups is 1. The number of hydrogen-bond acceptors (Lipinski definition) is 4. The molecule has 39 heavy (non-hydrogen) atoms. The molecular formula is C31H33N5O2S. The van der Waals surface area contributed by atoms with Crippen molar-refractivity contribution < 1.29 is 9.90 Å². The lowest BCUT2D eigenvalue weighted by atomic mass is 9.96. The Balaban J connectivity index is 1.50. The summed E-state index contributed by atoms with van der Waals surface area (Å²) in [4.78, 5) is 18.7. The van der Waals surface area contributed by atoms with Gasteiger partial charge in [-0.3, -0.25) is 4.98 Å². The highest BCUT2D eigenvalue weighted by Gasteiger charge is 2.41. The summed E-state index contributed by atoms with van der Waals surface area (Å²) in [5.41, 5.74) is 7.43. The first-order valence-electron chi connectivity index (χ1n) is 13.2. The van der Waals surface area contributed by atoms with Gasteiger partial charge in [-0.2, -0.15) is 0 Å². The van der Waals surface area contributed by atoms with E-state index in [0.717, 1.165) is 59.1 Å². The van der Waals surface area contributed by atoms with Crippen molar-refractivity contribution in [3.05, 3.63) is 113 Å². The number of nitrogens with one attached hydrogen (secondary N) is 2. The average molecular weight is 540 g/mol. The summed E-state index contributed by atoms with van der Waals surface area (Å²) in [6.07, 6.45) is 2.72. The Kier molecular flexibility index (Phi) is 7.65. The Morgan fingerprint density at radius 2 is 1.82 bits per heavy atom. The van der Waals surface area contributed by atoms with E-state index in [1.807, 2.05) is 55.6 Å². The molecule has 0 radical (unpaired) electrons. The van der Waals surface area contributed by atoms with E-state index < -0.39 is 5.97 Å². The normalized spacial score (nSPS) is 16.8. The Morgan fingerprint density at radius 1 is 1.05 bits per heavy atom. The Morgan fingerprint density at radius 3 is 2.54 bits per heavy atom. The van der Waals surface area contributed by atoms with Gasteiger partial charge in [0.1, 0.15) is 0 Å². The third-order valence-electron chi connectivity index (χ3n) is 7.36. The maximum Gasteiger partial charge on any atom is 0.335 e. The molecule has 1 fully saturated rings. The summed E-state index contributed by atoms with van der Waals surface area (Å²) in [7, 11) is 0. The predicted octanol–water partition coefficient (Wildman–Crippen LogP) is 5.97. The number of para-hydroxylation sites is 1. The summed E-state index contributed by atoms with van der Waals surface area (Å²) in [6.45, 7) is 7.77. The second-order valence-corrected chi connectivity index (χ2v) is 10.3. The molecule has 0 spiro atoms. The predicted molar refractivity (Wildman–Crippen MR) is 159 cm³/mol. The Labute approximate surface area is 234 Å². The lowest BCUT2D eigenvalue weighted by molar-refractivity contribution is 0.0697. The number of pyridine rings is 1. The van der Waals surface area contributed by atoms with Gasteiger partial charge in [0.25, 0.3) is 0 Å². The molecule has 8 heteroatoms. The summed E-state index contributed by atoms with van der Waals surface area (Å²) >= 11 is 5.88. The van der Waals surface area contributed by atoms with Crippen LogP contribution in [0, 0.1) is 20.8 Å². The number of anilines is 1. The first-order valence-corrected chi connectivity index (χ1v) is 13.6. The van der Waals surface area contributed by atoms with Gasteiger partial charge in [0, 0.05) is 42.0 Å². The number of carboxylic acids is 1. The quantitative estimate of drug-likeness (QED) is 0.179. The average Bonchev–Trinajstić information content (AvgIpc) is 3.42. The molecule has 0 amide bonds. The fourth-order valence-electron chi connectivity index (χ4n) is 5.46. The minimum Gasteiger partial charge on any atom is -0.478 e. The minimum atomic E-state index is -0.935. The van der Waals surface area contributed by atoms with Crippen LogP contribution < -0.4 is 10.6 Å². The molecule has 4 aromatic rings. The van der Waals surface area contributed by atoms with E-state index >= 15 is 0 Å². The van der Waals surface area contributed by atoms with Crippen molar-refractivity contribution in [2.75, 3.05) is 18.4 Å². The van der Waals surface area contributed by atoms with Gasteiger partial charge in [0.15, 0.2) is 5.11 Å². The van der Waals surface area contributed by atoms with Gasteiger partial charge in [-0.25, -0.2) is 4.79 Å². The van der Waals surface area contributed by atoms with Crippen LogP contribution in [0.1, 0.15) is 57.1 Å². The van der Waals surface area contributed by atoms with E-state index in [1.54, 1.807) is 12.1 Å². The molecule has 0 bridgehead atoms. The van der Waals surface area contributed by atoms with Gasteiger partial charge in [0.2, 0.25) is 0 Å². The number of aromatic carboxylic acids is 1. The van der Waals surface area contributed by atoms with Crippen LogP contribution in [0.15, 0.2) is 79.0 Å². The third-order valence-corrected chi connectivity index (χ3v) is 7.71. The zero-order valence-corrected chi connectivity index (χ0v) is 23.2. The highest BCUT2D eigenvalue weighted by Crippen LogP contribution is 2.41. The SMILES string of the molecule is Cc1ccc(C(=O)O)cc1-n1c(C)cc([C@@H]2[C@H](c3ccccn3)NC(=S)N2CCCNc2ccccc2)c1C. The molecule has 200 valence electrons. The van der Waals surface area contributed by atoms with Crippen molar-refractivity contribution >= 4 is 29.0 Å². The van der Waals surface area contributed by atoms with E-state index in [4.69, 9.17) is 12.2 Å². The lowest BCUT2D eigenvalue weighted by Gasteiger charge is -2.28. The van der Waals surface area contributed by atoms with Gasteiger partial charge in [-0.1, -0.05) is 30.3 Å². The number of carbonyl (C=O) groups is 1. The summed E-state index contributed by atoms with van der Waals surface area (Å²) in [6, 6.07) is 23.5. The van der Waals surface area contributed by atoms with Gasteiger partial charge in [-0.05, 0) is 93.0 Å². The topological polar surface area (TPSA) is 82.4 Å². The maximum absolute atomic E-state index is 11.7. The fourth-order valence-corrected chi connectivity index (χ4v) is 5.80. The van der Waals surface area contributed by atoms with Crippen LogP contribution in [-0.2, 0) is 0 Å². The molecule has 7 nitrogen and oxygen atoms in total. The van der Waals surface area contributed by atoms with Crippen molar-refractivity contribution in [3.8, 4) is 5.69 Å². The molecule has 3 heterocycles. The lowest BCUT2D eigenvalue weighted by Crippen LogP contribution is -2.31. The van der Waals surface area contributed by atoms with Crippen LogP contribution >= 0.6 is 12.2 Å². The number of aryl methyl sites for hydroxylation is 2. The summed E-state index contributed by atoms with van der Waals surface area (Å²) in [5, 5.41) is 17.4. The number of nitrogens with zero attached hydrogens (tertiary/aromatic N) is 3. The molecule has 3 N–H and O–H groups in total. The van der Waals surface area contributed by atoms with E-state index in [1.165, 1.54) is 0 Å². The number of hydrogen-bond donors (Lipinski definition) is 3. The minimum absolute atomic E-state index is 0.0629. The number of carboxylic acid groups (broad SMARTS) is 1. The van der Waals surface area contributed by atoms with Crippen molar-refractivity contribution in [2.45, 2.75) is 39.3 Å². The van der Waals surface area contributed by atoms with E-state index in [2.05, 4.69) is 57.1 Å². The highest BCUT2D eigenvalue weighted by molar-refractivity contribution is 7.80.